The van der Waals surface area contributed by atoms with Gasteiger partial charge in [0, 0.05) is 12.1 Å². The van der Waals surface area contributed by atoms with E-state index in [-0.39, 0.29) is 11.9 Å². The smallest absolute Gasteiger partial charge is 0.254 e. The third-order valence-corrected chi connectivity index (χ3v) is 3.96. The lowest BCUT2D eigenvalue weighted by Gasteiger charge is -2.29. The van der Waals surface area contributed by atoms with Gasteiger partial charge in [-0.1, -0.05) is 18.2 Å². The van der Waals surface area contributed by atoms with Crippen molar-refractivity contribution in [2.75, 3.05) is 20.8 Å². The van der Waals surface area contributed by atoms with Crippen molar-refractivity contribution in [2.45, 2.75) is 19.9 Å². The summed E-state index contributed by atoms with van der Waals surface area (Å²) in [6.07, 6.45) is 0. The van der Waals surface area contributed by atoms with Crippen LogP contribution in [-0.2, 0) is 0 Å². The van der Waals surface area contributed by atoms with Crippen LogP contribution in [0.2, 0.25) is 0 Å². The van der Waals surface area contributed by atoms with Crippen molar-refractivity contribution >= 4 is 5.91 Å². The Hall–Kier alpha value is -2.49. The standard InChI is InChI=1S/C19H23NO3/c1-5-20(14(2)15-8-6-10-17(12-15)22-3)19(21)16-9-7-11-18(13-16)23-4/h6-14H,5H2,1-4H3. The van der Waals surface area contributed by atoms with E-state index in [2.05, 4.69) is 0 Å². The number of methoxy groups -OCH3 is 2. The molecule has 1 amide bonds. The first-order valence-electron chi connectivity index (χ1n) is 7.69. The monoisotopic (exact) mass is 313 g/mol. The molecule has 0 fully saturated rings. The van der Waals surface area contributed by atoms with E-state index in [0.717, 1.165) is 11.3 Å². The van der Waals surface area contributed by atoms with Crippen LogP contribution in [0.5, 0.6) is 11.5 Å². The van der Waals surface area contributed by atoms with Crippen molar-refractivity contribution < 1.29 is 14.3 Å². The second kappa shape index (κ2) is 7.68. The zero-order valence-electron chi connectivity index (χ0n) is 14.1. The molecule has 0 N–H and O–H groups in total. The molecule has 0 saturated carbocycles. The average Bonchev–Trinajstić information content (AvgIpc) is 2.62. The Bertz CT molecular complexity index is 669. The summed E-state index contributed by atoms with van der Waals surface area (Å²) in [5, 5.41) is 0. The van der Waals surface area contributed by atoms with E-state index in [0.29, 0.717) is 17.9 Å². The number of ether oxygens (including phenoxy) is 2. The third-order valence-electron chi connectivity index (χ3n) is 3.96. The van der Waals surface area contributed by atoms with Gasteiger partial charge in [0.15, 0.2) is 0 Å². The zero-order chi connectivity index (χ0) is 16.8. The van der Waals surface area contributed by atoms with E-state index >= 15 is 0 Å². The molecule has 0 heterocycles. The number of benzene rings is 2. The summed E-state index contributed by atoms with van der Waals surface area (Å²) >= 11 is 0. The van der Waals surface area contributed by atoms with Gasteiger partial charge in [-0.3, -0.25) is 4.79 Å². The van der Waals surface area contributed by atoms with Crippen LogP contribution in [0.25, 0.3) is 0 Å². The highest BCUT2D eigenvalue weighted by molar-refractivity contribution is 5.94. The Morgan fingerprint density at radius 1 is 1.04 bits per heavy atom. The van der Waals surface area contributed by atoms with Gasteiger partial charge in [0.25, 0.3) is 5.91 Å². The second-order valence-electron chi connectivity index (χ2n) is 5.28. The van der Waals surface area contributed by atoms with Crippen LogP contribution in [-0.4, -0.2) is 31.6 Å². The summed E-state index contributed by atoms with van der Waals surface area (Å²) in [6.45, 7) is 4.62. The summed E-state index contributed by atoms with van der Waals surface area (Å²) in [6, 6.07) is 15.0. The highest BCUT2D eigenvalue weighted by atomic mass is 16.5. The van der Waals surface area contributed by atoms with Crippen LogP contribution in [0.3, 0.4) is 0 Å². The first-order valence-corrected chi connectivity index (χ1v) is 7.69. The Balaban J connectivity index is 2.28. The molecule has 23 heavy (non-hydrogen) atoms. The molecule has 0 aliphatic carbocycles. The Morgan fingerprint density at radius 3 is 2.26 bits per heavy atom. The Kier molecular flexibility index (Phi) is 5.63. The normalized spacial score (nSPS) is 11.7. The number of rotatable bonds is 6. The minimum Gasteiger partial charge on any atom is -0.497 e. The minimum atomic E-state index is -0.0474. The summed E-state index contributed by atoms with van der Waals surface area (Å²) in [5.41, 5.74) is 1.67. The van der Waals surface area contributed by atoms with Gasteiger partial charge in [-0.25, -0.2) is 0 Å². The fraction of sp³-hybridized carbons (Fsp3) is 0.316. The molecule has 0 aromatic heterocycles. The van der Waals surface area contributed by atoms with Crippen LogP contribution >= 0.6 is 0 Å². The number of hydrogen-bond donors (Lipinski definition) is 0. The molecule has 1 unspecified atom stereocenters. The maximum absolute atomic E-state index is 12.9. The molecule has 2 rings (SSSR count). The highest BCUT2D eigenvalue weighted by Gasteiger charge is 2.22. The van der Waals surface area contributed by atoms with E-state index in [1.54, 1.807) is 20.3 Å². The van der Waals surface area contributed by atoms with Crippen LogP contribution in [0.15, 0.2) is 48.5 Å². The quantitative estimate of drug-likeness (QED) is 0.811. The fourth-order valence-corrected chi connectivity index (χ4v) is 2.60. The second-order valence-corrected chi connectivity index (χ2v) is 5.28. The maximum Gasteiger partial charge on any atom is 0.254 e. The van der Waals surface area contributed by atoms with Crippen LogP contribution < -0.4 is 9.47 Å². The maximum atomic E-state index is 12.9. The lowest BCUT2D eigenvalue weighted by molar-refractivity contribution is 0.0701. The molecule has 0 bridgehead atoms. The van der Waals surface area contributed by atoms with E-state index in [1.807, 2.05) is 61.2 Å². The number of hydrogen-bond acceptors (Lipinski definition) is 3. The van der Waals surface area contributed by atoms with E-state index in [9.17, 15) is 4.79 Å². The Morgan fingerprint density at radius 2 is 1.65 bits per heavy atom. The van der Waals surface area contributed by atoms with Crippen molar-refractivity contribution in [1.29, 1.82) is 0 Å². The predicted octanol–water partition coefficient (Wildman–Crippen LogP) is 3.93. The summed E-state index contributed by atoms with van der Waals surface area (Å²) in [7, 11) is 3.24. The number of nitrogens with zero attached hydrogens (tertiary/aromatic N) is 1. The number of carbonyl (C=O) groups is 1. The lowest BCUT2D eigenvalue weighted by Crippen LogP contribution is -2.33. The van der Waals surface area contributed by atoms with Crippen molar-refractivity contribution in [1.82, 2.24) is 4.90 Å². The van der Waals surface area contributed by atoms with Gasteiger partial charge in [0.2, 0.25) is 0 Å². The molecule has 2 aromatic carbocycles. The largest absolute Gasteiger partial charge is 0.497 e. The van der Waals surface area contributed by atoms with E-state index in [4.69, 9.17) is 9.47 Å². The Labute approximate surface area is 137 Å². The SMILES string of the molecule is CCN(C(=O)c1cccc(OC)c1)C(C)c1cccc(OC)c1. The molecule has 0 spiro atoms. The summed E-state index contributed by atoms with van der Waals surface area (Å²) < 4.78 is 10.5. The van der Waals surface area contributed by atoms with Gasteiger partial charge < -0.3 is 14.4 Å². The van der Waals surface area contributed by atoms with Crippen molar-refractivity contribution in [2.24, 2.45) is 0 Å². The average molecular weight is 313 g/mol. The van der Waals surface area contributed by atoms with E-state index in [1.165, 1.54) is 0 Å². The van der Waals surface area contributed by atoms with Gasteiger partial charge in [-0.05, 0) is 49.7 Å². The number of amides is 1. The van der Waals surface area contributed by atoms with Gasteiger partial charge >= 0.3 is 0 Å². The molecule has 1 atom stereocenters. The molecule has 0 saturated heterocycles. The van der Waals surface area contributed by atoms with Crippen LogP contribution in [0.4, 0.5) is 0 Å². The van der Waals surface area contributed by atoms with Gasteiger partial charge in [0.05, 0.1) is 20.3 Å². The molecule has 0 aliphatic heterocycles. The molecular formula is C19H23NO3. The van der Waals surface area contributed by atoms with Crippen molar-refractivity contribution in [3.8, 4) is 11.5 Å². The molecule has 0 radical (unpaired) electrons. The van der Waals surface area contributed by atoms with Crippen LogP contribution in [0, 0.1) is 0 Å². The summed E-state index contributed by atoms with van der Waals surface area (Å²) in [4.78, 5) is 14.7. The highest BCUT2D eigenvalue weighted by Crippen LogP contribution is 2.26. The summed E-state index contributed by atoms with van der Waals surface area (Å²) in [5.74, 6) is 1.46. The molecular weight excluding hydrogens is 290 g/mol. The predicted molar refractivity (Wildman–Crippen MR) is 91.1 cm³/mol. The van der Waals surface area contributed by atoms with E-state index < -0.39 is 0 Å². The first-order chi connectivity index (χ1) is 11.1. The molecule has 2 aromatic rings. The molecule has 0 aliphatic rings. The number of carbonyl (C=O) groups excluding carboxylic acids is 1. The fourth-order valence-electron chi connectivity index (χ4n) is 2.60. The molecule has 4 nitrogen and oxygen atoms in total. The van der Waals surface area contributed by atoms with Gasteiger partial charge in [-0.2, -0.15) is 0 Å². The third kappa shape index (κ3) is 3.83. The first kappa shape index (κ1) is 16.9. The topological polar surface area (TPSA) is 38.8 Å². The molecule has 122 valence electrons. The van der Waals surface area contributed by atoms with Crippen molar-refractivity contribution in [3.63, 3.8) is 0 Å². The lowest BCUT2D eigenvalue weighted by atomic mass is 10.0. The van der Waals surface area contributed by atoms with Gasteiger partial charge in [0.1, 0.15) is 11.5 Å². The van der Waals surface area contributed by atoms with Crippen molar-refractivity contribution in [3.05, 3.63) is 59.7 Å². The van der Waals surface area contributed by atoms with Gasteiger partial charge in [-0.15, -0.1) is 0 Å². The minimum absolute atomic E-state index is 0.0123. The molecule has 4 heteroatoms. The van der Waals surface area contributed by atoms with Crippen LogP contribution in [0.1, 0.15) is 35.8 Å². The zero-order valence-corrected chi connectivity index (χ0v) is 14.1.